The van der Waals surface area contributed by atoms with Crippen LogP contribution >= 0.6 is 0 Å². The lowest BCUT2D eigenvalue weighted by molar-refractivity contribution is -0.384. The number of carbonyl (C=O) groups is 1. The largest absolute Gasteiger partial charge is 0.369 e. The van der Waals surface area contributed by atoms with Gasteiger partial charge in [-0.2, -0.15) is 0 Å². The summed E-state index contributed by atoms with van der Waals surface area (Å²) in [5.41, 5.74) is 2.31. The molecular formula is C22H27N5O3. The first-order valence-corrected chi connectivity index (χ1v) is 10.4. The van der Waals surface area contributed by atoms with Gasteiger partial charge in [0.1, 0.15) is 0 Å². The number of piperazine rings is 2. The number of non-ortho nitro benzene ring substituents is 1. The van der Waals surface area contributed by atoms with Gasteiger partial charge in [-0.1, -0.05) is 18.2 Å². The molecule has 0 unspecified atom stereocenters. The van der Waals surface area contributed by atoms with E-state index in [1.165, 1.54) is 5.69 Å². The van der Waals surface area contributed by atoms with Crippen molar-refractivity contribution in [2.75, 3.05) is 68.7 Å². The smallest absolute Gasteiger partial charge is 0.269 e. The van der Waals surface area contributed by atoms with E-state index in [1.807, 2.05) is 23.1 Å². The lowest BCUT2D eigenvalue weighted by atomic mass is 10.2. The van der Waals surface area contributed by atoms with E-state index in [9.17, 15) is 14.9 Å². The molecule has 158 valence electrons. The van der Waals surface area contributed by atoms with Crippen molar-refractivity contribution < 1.29 is 9.72 Å². The minimum absolute atomic E-state index is 0.107. The predicted octanol–water partition coefficient (Wildman–Crippen LogP) is 2.07. The van der Waals surface area contributed by atoms with Crippen molar-refractivity contribution in [1.82, 2.24) is 9.80 Å². The maximum Gasteiger partial charge on any atom is 0.269 e. The van der Waals surface area contributed by atoms with E-state index in [0.29, 0.717) is 6.54 Å². The van der Waals surface area contributed by atoms with Crippen molar-refractivity contribution in [2.45, 2.75) is 0 Å². The van der Waals surface area contributed by atoms with Gasteiger partial charge in [-0.15, -0.1) is 0 Å². The Labute approximate surface area is 176 Å². The minimum atomic E-state index is -0.382. The monoisotopic (exact) mass is 409 g/mol. The Hall–Kier alpha value is -3.13. The maximum absolute atomic E-state index is 12.8. The summed E-state index contributed by atoms with van der Waals surface area (Å²) in [6.45, 7) is 6.96. The summed E-state index contributed by atoms with van der Waals surface area (Å²) in [6.07, 6.45) is 0. The van der Waals surface area contributed by atoms with E-state index in [0.717, 1.165) is 58.0 Å². The van der Waals surface area contributed by atoms with E-state index in [1.54, 1.807) is 24.3 Å². The topological polar surface area (TPSA) is 73.2 Å². The molecule has 0 N–H and O–H groups in total. The van der Waals surface area contributed by atoms with Crippen molar-refractivity contribution in [2.24, 2.45) is 0 Å². The lowest BCUT2D eigenvalue weighted by Crippen LogP contribution is -2.54. The number of nitrogens with zero attached hydrogens (tertiary/aromatic N) is 5. The molecule has 2 fully saturated rings. The highest BCUT2D eigenvalue weighted by atomic mass is 16.6. The molecule has 0 radical (unpaired) electrons. The highest BCUT2D eigenvalue weighted by Crippen LogP contribution is 2.21. The van der Waals surface area contributed by atoms with Crippen LogP contribution in [0.3, 0.4) is 0 Å². The lowest BCUT2D eigenvalue weighted by Gasteiger charge is -2.39. The van der Waals surface area contributed by atoms with E-state index < -0.39 is 0 Å². The van der Waals surface area contributed by atoms with Gasteiger partial charge in [-0.25, -0.2) is 0 Å². The molecule has 30 heavy (non-hydrogen) atoms. The first-order valence-electron chi connectivity index (χ1n) is 10.4. The SMILES string of the molecule is O=C(CN1CCN(c2ccc([N+](=O)[O-])cc2)CC1)N1CCN(c2ccccc2)CC1. The predicted molar refractivity (Wildman–Crippen MR) is 117 cm³/mol. The molecule has 2 aliphatic heterocycles. The highest BCUT2D eigenvalue weighted by molar-refractivity contribution is 5.78. The van der Waals surface area contributed by atoms with E-state index in [2.05, 4.69) is 26.8 Å². The molecule has 1 amide bonds. The number of nitro benzene ring substituents is 1. The molecule has 0 aliphatic carbocycles. The van der Waals surface area contributed by atoms with Crippen molar-refractivity contribution >= 4 is 23.0 Å². The Bertz CT molecular complexity index is 858. The molecule has 8 nitrogen and oxygen atoms in total. The fourth-order valence-electron chi connectivity index (χ4n) is 4.09. The number of nitro groups is 1. The van der Waals surface area contributed by atoms with E-state index in [-0.39, 0.29) is 16.5 Å². The first-order chi connectivity index (χ1) is 14.6. The fourth-order valence-corrected chi connectivity index (χ4v) is 4.09. The summed E-state index contributed by atoms with van der Waals surface area (Å²) in [5, 5.41) is 10.8. The van der Waals surface area contributed by atoms with E-state index >= 15 is 0 Å². The molecule has 2 aromatic rings. The molecule has 0 aromatic heterocycles. The Morgan fingerprint density at radius 1 is 0.767 bits per heavy atom. The summed E-state index contributed by atoms with van der Waals surface area (Å²) in [7, 11) is 0. The van der Waals surface area contributed by atoms with Crippen LogP contribution in [0.2, 0.25) is 0 Å². The fraction of sp³-hybridized carbons (Fsp3) is 0.409. The van der Waals surface area contributed by atoms with Gasteiger partial charge in [-0.3, -0.25) is 19.8 Å². The zero-order chi connectivity index (χ0) is 20.9. The second-order valence-electron chi connectivity index (χ2n) is 7.74. The summed E-state index contributed by atoms with van der Waals surface area (Å²) in [5.74, 6) is 0.200. The third kappa shape index (κ3) is 4.71. The molecule has 2 aromatic carbocycles. The normalized spacial score (nSPS) is 17.8. The standard InChI is InChI=1S/C22H27N5O3/c28-22(26-16-14-25(15-17-26)19-4-2-1-3-5-19)18-23-10-12-24(13-11-23)20-6-8-21(9-7-20)27(29)30/h1-9H,10-18H2. The third-order valence-corrected chi connectivity index (χ3v) is 5.91. The average molecular weight is 409 g/mol. The van der Waals surface area contributed by atoms with Crippen LogP contribution in [0.15, 0.2) is 54.6 Å². The van der Waals surface area contributed by atoms with Crippen LogP contribution in [0.5, 0.6) is 0 Å². The number of carbonyl (C=O) groups excluding carboxylic acids is 1. The molecule has 0 bridgehead atoms. The van der Waals surface area contributed by atoms with Crippen LogP contribution in [-0.4, -0.2) is 79.5 Å². The van der Waals surface area contributed by atoms with Crippen LogP contribution in [0.1, 0.15) is 0 Å². The Kier molecular flexibility index (Phi) is 6.13. The highest BCUT2D eigenvalue weighted by Gasteiger charge is 2.25. The van der Waals surface area contributed by atoms with Gasteiger partial charge in [0.05, 0.1) is 11.5 Å². The van der Waals surface area contributed by atoms with Crippen molar-refractivity contribution in [3.05, 3.63) is 64.7 Å². The minimum Gasteiger partial charge on any atom is -0.369 e. The zero-order valence-electron chi connectivity index (χ0n) is 17.0. The van der Waals surface area contributed by atoms with Gasteiger partial charge in [-0.05, 0) is 24.3 Å². The number of hydrogen-bond donors (Lipinski definition) is 0. The number of amides is 1. The van der Waals surface area contributed by atoms with Crippen LogP contribution < -0.4 is 9.80 Å². The molecule has 2 aliphatic rings. The Balaban J connectivity index is 1.22. The van der Waals surface area contributed by atoms with Crippen molar-refractivity contribution in [3.63, 3.8) is 0 Å². The van der Waals surface area contributed by atoms with Crippen molar-refractivity contribution in [1.29, 1.82) is 0 Å². The quantitative estimate of drug-likeness (QED) is 0.556. The average Bonchev–Trinajstić information content (AvgIpc) is 2.80. The molecule has 0 saturated carbocycles. The number of anilines is 2. The second-order valence-corrected chi connectivity index (χ2v) is 7.74. The van der Waals surface area contributed by atoms with Gasteiger partial charge in [0.25, 0.3) is 5.69 Å². The second kappa shape index (κ2) is 9.13. The van der Waals surface area contributed by atoms with Crippen LogP contribution in [0.25, 0.3) is 0 Å². The number of rotatable bonds is 5. The van der Waals surface area contributed by atoms with Crippen molar-refractivity contribution in [3.8, 4) is 0 Å². The number of para-hydroxylation sites is 1. The van der Waals surface area contributed by atoms with Gasteiger partial charge in [0.2, 0.25) is 5.91 Å². The van der Waals surface area contributed by atoms with Gasteiger partial charge in [0, 0.05) is 75.9 Å². The molecule has 2 heterocycles. The van der Waals surface area contributed by atoms with Crippen LogP contribution in [0.4, 0.5) is 17.1 Å². The Morgan fingerprint density at radius 2 is 1.30 bits per heavy atom. The molecule has 0 atom stereocenters. The molecular weight excluding hydrogens is 382 g/mol. The molecule has 8 heteroatoms. The van der Waals surface area contributed by atoms with Crippen LogP contribution in [-0.2, 0) is 4.79 Å². The zero-order valence-corrected chi connectivity index (χ0v) is 17.0. The molecule has 0 spiro atoms. The summed E-state index contributed by atoms with van der Waals surface area (Å²) in [6, 6.07) is 17.0. The van der Waals surface area contributed by atoms with Crippen LogP contribution in [0, 0.1) is 10.1 Å². The molecule has 4 rings (SSSR count). The summed E-state index contributed by atoms with van der Waals surface area (Å²) in [4.78, 5) is 31.9. The molecule has 2 saturated heterocycles. The first kappa shape index (κ1) is 20.2. The number of hydrogen-bond acceptors (Lipinski definition) is 6. The van der Waals surface area contributed by atoms with Gasteiger partial charge < -0.3 is 14.7 Å². The Morgan fingerprint density at radius 3 is 1.87 bits per heavy atom. The maximum atomic E-state index is 12.8. The number of benzene rings is 2. The summed E-state index contributed by atoms with van der Waals surface area (Å²) >= 11 is 0. The third-order valence-electron chi connectivity index (χ3n) is 5.91. The summed E-state index contributed by atoms with van der Waals surface area (Å²) < 4.78 is 0. The van der Waals surface area contributed by atoms with Gasteiger partial charge >= 0.3 is 0 Å². The van der Waals surface area contributed by atoms with E-state index in [4.69, 9.17) is 0 Å². The van der Waals surface area contributed by atoms with Gasteiger partial charge in [0.15, 0.2) is 0 Å².